The molecule has 0 radical (unpaired) electrons. The van der Waals surface area contributed by atoms with Gasteiger partial charge in [-0.2, -0.15) is 0 Å². The van der Waals surface area contributed by atoms with Gasteiger partial charge in [0.25, 0.3) is 0 Å². The first-order chi connectivity index (χ1) is 8.31. The molecule has 1 aliphatic heterocycles. The van der Waals surface area contributed by atoms with E-state index in [1.165, 1.54) is 11.1 Å². The minimum atomic E-state index is 0.787. The van der Waals surface area contributed by atoms with E-state index in [1.807, 2.05) is 12.1 Å². The number of nitrogen functional groups attached to an aromatic ring is 1. The molecule has 2 N–H and O–H groups in total. The van der Waals surface area contributed by atoms with Crippen LogP contribution in [-0.4, -0.2) is 14.9 Å². The lowest BCUT2D eigenvalue weighted by molar-refractivity contribution is 0.268. The van der Waals surface area contributed by atoms with Crippen molar-refractivity contribution in [3.8, 4) is 0 Å². The van der Waals surface area contributed by atoms with Crippen molar-refractivity contribution < 1.29 is 0 Å². The lowest BCUT2D eigenvalue weighted by atomic mass is 10.1. The first-order valence-electron chi connectivity index (χ1n) is 5.67. The Morgan fingerprint density at radius 3 is 2.71 bits per heavy atom. The van der Waals surface area contributed by atoms with Crippen molar-refractivity contribution in [2.45, 2.75) is 19.6 Å². The molecule has 3 rings (SSSR count). The van der Waals surface area contributed by atoms with E-state index in [0.29, 0.717) is 0 Å². The minimum Gasteiger partial charge on any atom is -0.399 e. The van der Waals surface area contributed by atoms with Gasteiger partial charge in [0, 0.05) is 31.2 Å². The fourth-order valence-electron chi connectivity index (χ4n) is 2.21. The van der Waals surface area contributed by atoms with Gasteiger partial charge in [-0.25, -0.2) is 9.97 Å². The third kappa shape index (κ3) is 2.12. The van der Waals surface area contributed by atoms with E-state index in [-0.39, 0.29) is 0 Å². The molecule has 0 saturated heterocycles. The van der Waals surface area contributed by atoms with Gasteiger partial charge in [0.15, 0.2) is 0 Å². The number of benzene rings is 1. The highest BCUT2D eigenvalue weighted by Gasteiger charge is 2.19. The van der Waals surface area contributed by atoms with E-state index in [0.717, 1.165) is 31.1 Å². The third-order valence-corrected chi connectivity index (χ3v) is 3.00. The molecule has 2 heterocycles. The molecule has 4 heteroatoms. The van der Waals surface area contributed by atoms with E-state index in [4.69, 9.17) is 5.73 Å². The summed E-state index contributed by atoms with van der Waals surface area (Å²) in [6.45, 7) is 2.67. The van der Waals surface area contributed by atoms with Gasteiger partial charge in [0.1, 0.15) is 5.82 Å². The van der Waals surface area contributed by atoms with Crippen molar-refractivity contribution in [2.75, 3.05) is 5.73 Å². The normalized spacial score (nSPS) is 14.8. The lowest BCUT2D eigenvalue weighted by Gasteiger charge is -2.12. The van der Waals surface area contributed by atoms with Gasteiger partial charge in [-0.05, 0) is 29.3 Å². The molecule has 0 amide bonds. The summed E-state index contributed by atoms with van der Waals surface area (Å²) in [5.74, 6) is 0.869. The molecular weight excluding hydrogens is 212 g/mol. The van der Waals surface area contributed by atoms with Gasteiger partial charge in [-0.3, -0.25) is 4.90 Å². The van der Waals surface area contributed by atoms with Gasteiger partial charge in [0.05, 0.1) is 6.54 Å². The summed E-state index contributed by atoms with van der Waals surface area (Å²) in [7, 11) is 0. The van der Waals surface area contributed by atoms with Crippen LogP contribution in [0.15, 0.2) is 36.7 Å². The SMILES string of the molecule is Nc1ccc2c(c1)CN(Cc1ncccn1)C2. The van der Waals surface area contributed by atoms with Crippen molar-refractivity contribution in [3.05, 3.63) is 53.6 Å². The summed E-state index contributed by atoms with van der Waals surface area (Å²) < 4.78 is 0. The summed E-state index contributed by atoms with van der Waals surface area (Å²) in [4.78, 5) is 10.8. The van der Waals surface area contributed by atoms with Crippen molar-refractivity contribution in [3.63, 3.8) is 0 Å². The first-order valence-corrected chi connectivity index (χ1v) is 5.67. The molecule has 0 unspecified atom stereocenters. The quantitative estimate of drug-likeness (QED) is 0.790. The van der Waals surface area contributed by atoms with E-state index in [9.17, 15) is 0 Å². The molecule has 1 aliphatic rings. The molecule has 0 bridgehead atoms. The maximum absolute atomic E-state index is 5.79. The Labute approximate surface area is 100 Å². The number of rotatable bonds is 2. The topological polar surface area (TPSA) is 55.0 Å². The predicted octanol–water partition coefficient (Wildman–Crippen LogP) is 1.57. The maximum Gasteiger partial charge on any atom is 0.142 e. The molecule has 1 aromatic carbocycles. The summed E-state index contributed by atoms with van der Waals surface area (Å²) in [6, 6.07) is 7.96. The second-order valence-corrected chi connectivity index (χ2v) is 4.34. The molecule has 0 atom stereocenters. The second-order valence-electron chi connectivity index (χ2n) is 4.34. The third-order valence-electron chi connectivity index (χ3n) is 3.00. The molecule has 0 aliphatic carbocycles. The highest BCUT2D eigenvalue weighted by atomic mass is 15.2. The predicted molar refractivity (Wildman–Crippen MR) is 65.8 cm³/mol. The molecule has 17 heavy (non-hydrogen) atoms. The van der Waals surface area contributed by atoms with Crippen LogP contribution in [0.3, 0.4) is 0 Å². The van der Waals surface area contributed by atoms with E-state index >= 15 is 0 Å². The Kier molecular flexibility index (Phi) is 2.49. The standard InChI is InChI=1S/C13H14N4/c14-12-3-2-10-7-17(8-11(10)6-12)9-13-15-4-1-5-16-13/h1-6H,7-9,14H2. The Balaban J connectivity index is 1.74. The summed E-state index contributed by atoms with van der Waals surface area (Å²) in [6.07, 6.45) is 3.56. The number of anilines is 1. The van der Waals surface area contributed by atoms with Gasteiger partial charge >= 0.3 is 0 Å². The van der Waals surface area contributed by atoms with Gasteiger partial charge in [-0.1, -0.05) is 6.07 Å². The average molecular weight is 226 g/mol. The summed E-state index contributed by atoms with van der Waals surface area (Å²) >= 11 is 0. The second kappa shape index (κ2) is 4.14. The zero-order valence-corrected chi connectivity index (χ0v) is 9.50. The fraction of sp³-hybridized carbons (Fsp3) is 0.231. The zero-order chi connectivity index (χ0) is 11.7. The Hall–Kier alpha value is -1.94. The number of fused-ring (bicyclic) bond motifs is 1. The first kappa shape index (κ1) is 10.2. The lowest BCUT2D eigenvalue weighted by Crippen LogP contribution is -2.17. The van der Waals surface area contributed by atoms with Crippen LogP contribution in [0.1, 0.15) is 17.0 Å². The highest BCUT2D eigenvalue weighted by Crippen LogP contribution is 2.25. The van der Waals surface area contributed by atoms with Gasteiger partial charge in [-0.15, -0.1) is 0 Å². The van der Waals surface area contributed by atoms with Crippen LogP contribution in [0.4, 0.5) is 5.69 Å². The van der Waals surface area contributed by atoms with Crippen LogP contribution in [0.5, 0.6) is 0 Å². The van der Waals surface area contributed by atoms with Crippen molar-refractivity contribution in [1.29, 1.82) is 0 Å². The monoisotopic (exact) mass is 226 g/mol. The molecule has 2 aromatic rings. The molecule has 0 fully saturated rings. The van der Waals surface area contributed by atoms with Crippen LogP contribution >= 0.6 is 0 Å². The number of aromatic nitrogens is 2. The molecular formula is C13H14N4. The summed E-state index contributed by atoms with van der Waals surface area (Å²) in [5.41, 5.74) is 9.30. The average Bonchev–Trinajstić information content (AvgIpc) is 2.71. The van der Waals surface area contributed by atoms with Gasteiger partial charge in [0.2, 0.25) is 0 Å². The Morgan fingerprint density at radius 1 is 1.12 bits per heavy atom. The van der Waals surface area contributed by atoms with E-state index < -0.39 is 0 Å². The van der Waals surface area contributed by atoms with Crippen molar-refractivity contribution >= 4 is 5.69 Å². The Morgan fingerprint density at radius 2 is 1.88 bits per heavy atom. The van der Waals surface area contributed by atoms with Crippen LogP contribution in [-0.2, 0) is 19.6 Å². The molecule has 86 valence electrons. The van der Waals surface area contributed by atoms with E-state index in [1.54, 1.807) is 12.4 Å². The molecule has 4 nitrogen and oxygen atoms in total. The van der Waals surface area contributed by atoms with Crippen LogP contribution < -0.4 is 5.73 Å². The fourth-order valence-corrected chi connectivity index (χ4v) is 2.21. The Bertz CT molecular complexity index is 524. The summed E-state index contributed by atoms with van der Waals surface area (Å²) in [5, 5.41) is 0. The van der Waals surface area contributed by atoms with E-state index in [2.05, 4.69) is 27.0 Å². The maximum atomic E-state index is 5.79. The molecule has 1 aromatic heterocycles. The minimum absolute atomic E-state index is 0.787. The van der Waals surface area contributed by atoms with Gasteiger partial charge < -0.3 is 5.73 Å². The molecule has 0 saturated carbocycles. The van der Waals surface area contributed by atoms with Crippen molar-refractivity contribution in [1.82, 2.24) is 14.9 Å². The zero-order valence-electron chi connectivity index (χ0n) is 9.50. The van der Waals surface area contributed by atoms with Crippen LogP contribution in [0.25, 0.3) is 0 Å². The largest absolute Gasteiger partial charge is 0.399 e. The smallest absolute Gasteiger partial charge is 0.142 e. The number of nitrogens with two attached hydrogens (primary N) is 1. The van der Waals surface area contributed by atoms with Crippen LogP contribution in [0, 0.1) is 0 Å². The van der Waals surface area contributed by atoms with Crippen LogP contribution in [0.2, 0.25) is 0 Å². The molecule has 0 spiro atoms. The number of hydrogen-bond acceptors (Lipinski definition) is 4. The van der Waals surface area contributed by atoms with Crippen molar-refractivity contribution in [2.24, 2.45) is 0 Å². The highest BCUT2D eigenvalue weighted by molar-refractivity contribution is 5.46. The number of nitrogens with zero attached hydrogens (tertiary/aromatic N) is 3. The number of hydrogen-bond donors (Lipinski definition) is 1.